The fraction of sp³-hybridized carbons (Fsp3) is 0.600. The molecule has 1 aliphatic carbocycles. The van der Waals surface area contributed by atoms with Crippen LogP contribution in [-0.4, -0.2) is 17.8 Å². The predicted octanol–water partition coefficient (Wildman–Crippen LogP) is 3.31. The van der Waals surface area contributed by atoms with Crippen molar-refractivity contribution in [2.45, 2.75) is 50.6 Å². The average molecular weight is 269 g/mol. The Morgan fingerprint density at radius 3 is 2.42 bits per heavy atom. The lowest BCUT2D eigenvalue weighted by atomic mass is 10.0. The topological polar surface area (TPSA) is 32.3 Å². The highest BCUT2D eigenvalue weighted by Crippen LogP contribution is 2.23. The van der Waals surface area contributed by atoms with Gasteiger partial charge in [0.2, 0.25) is 0 Å². The van der Waals surface area contributed by atoms with Crippen LogP contribution in [0.1, 0.15) is 50.1 Å². The van der Waals surface area contributed by atoms with E-state index >= 15 is 0 Å². The van der Waals surface area contributed by atoms with Gasteiger partial charge in [-0.05, 0) is 18.9 Å². The predicted molar refractivity (Wildman–Crippen MR) is 70.8 cm³/mol. The van der Waals surface area contributed by atoms with E-state index in [2.05, 4.69) is 5.32 Å². The Labute approximate surface area is 112 Å². The van der Waals surface area contributed by atoms with E-state index in [1.54, 1.807) is 0 Å². The van der Waals surface area contributed by atoms with Crippen molar-refractivity contribution in [3.8, 4) is 0 Å². The quantitative estimate of drug-likeness (QED) is 0.822. The normalized spacial score (nSPS) is 19.1. The zero-order valence-corrected chi connectivity index (χ0v) is 11.0. The number of hydrogen-bond donors (Lipinski definition) is 2. The Morgan fingerprint density at radius 1 is 1.16 bits per heavy atom. The molecule has 2 N–H and O–H groups in total. The Bertz CT molecular complexity index is 403. The van der Waals surface area contributed by atoms with Gasteiger partial charge < -0.3 is 10.4 Å². The maximum Gasteiger partial charge on any atom is 0.130 e. The summed E-state index contributed by atoms with van der Waals surface area (Å²) in [6.45, 7) is -0.181. The first kappa shape index (κ1) is 14.4. The van der Waals surface area contributed by atoms with Crippen molar-refractivity contribution in [3.05, 3.63) is 35.4 Å². The van der Waals surface area contributed by atoms with Crippen LogP contribution in [0.5, 0.6) is 0 Å². The molecule has 0 aromatic heterocycles. The van der Waals surface area contributed by atoms with Crippen LogP contribution in [-0.2, 0) is 0 Å². The lowest BCUT2D eigenvalue weighted by Gasteiger charge is -2.24. The summed E-state index contributed by atoms with van der Waals surface area (Å²) in [5, 5.41) is 12.8. The second-order valence-electron chi connectivity index (χ2n) is 5.26. The third-order valence-electron chi connectivity index (χ3n) is 3.81. The third-order valence-corrected chi connectivity index (χ3v) is 3.81. The molecule has 0 amide bonds. The van der Waals surface area contributed by atoms with Crippen LogP contribution < -0.4 is 5.32 Å². The summed E-state index contributed by atoms with van der Waals surface area (Å²) < 4.78 is 26.6. The smallest absolute Gasteiger partial charge is 0.130 e. The van der Waals surface area contributed by atoms with Crippen molar-refractivity contribution >= 4 is 0 Å². The first-order chi connectivity index (χ1) is 9.20. The van der Waals surface area contributed by atoms with Crippen LogP contribution in [0.2, 0.25) is 0 Å². The van der Waals surface area contributed by atoms with Crippen molar-refractivity contribution in [1.29, 1.82) is 0 Å². The standard InChI is InChI=1S/C15H21F2NO/c16-11-7-8-13(14(17)9-11)15(10-19)18-12-5-3-1-2-4-6-12/h7-9,12,15,18-19H,1-6,10H2. The minimum Gasteiger partial charge on any atom is -0.394 e. The number of aliphatic hydroxyl groups excluding tert-OH is 1. The summed E-state index contributed by atoms with van der Waals surface area (Å²) in [6.07, 6.45) is 6.93. The van der Waals surface area contributed by atoms with E-state index in [0.29, 0.717) is 11.6 Å². The highest BCUT2D eigenvalue weighted by Gasteiger charge is 2.20. The van der Waals surface area contributed by atoms with Gasteiger partial charge in [-0.15, -0.1) is 0 Å². The molecule has 1 aromatic rings. The lowest BCUT2D eigenvalue weighted by molar-refractivity contribution is 0.225. The van der Waals surface area contributed by atoms with Gasteiger partial charge in [-0.2, -0.15) is 0 Å². The number of hydrogen-bond acceptors (Lipinski definition) is 2. The zero-order valence-electron chi connectivity index (χ0n) is 11.0. The maximum absolute atomic E-state index is 13.7. The van der Waals surface area contributed by atoms with Gasteiger partial charge in [0, 0.05) is 17.7 Å². The summed E-state index contributed by atoms with van der Waals surface area (Å²) in [6, 6.07) is 3.37. The molecule has 0 aliphatic heterocycles. The number of aliphatic hydroxyl groups is 1. The molecule has 1 saturated carbocycles. The second kappa shape index (κ2) is 6.96. The van der Waals surface area contributed by atoms with Crippen molar-refractivity contribution < 1.29 is 13.9 Å². The number of halogens is 2. The number of rotatable bonds is 4. The van der Waals surface area contributed by atoms with Crippen LogP contribution in [0.15, 0.2) is 18.2 Å². The molecule has 0 bridgehead atoms. The molecule has 1 aromatic carbocycles. The second-order valence-corrected chi connectivity index (χ2v) is 5.26. The molecule has 19 heavy (non-hydrogen) atoms. The van der Waals surface area contributed by atoms with E-state index in [1.165, 1.54) is 37.8 Å². The average Bonchev–Trinajstić information content (AvgIpc) is 2.65. The molecular formula is C15H21F2NO. The fourth-order valence-electron chi connectivity index (χ4n) is 2.76. The van der Waals surface area contributed by atoms with Crippen molar-refractivity contribution in [3.63, 3.8) is 0 Å². The summed E-state index contributed by atoms with van der Waals surface area (Å²) in [7, 11) is 0. The first-order valence-corrected chi connectivity index (χ1v) is 7.02. The minimum absolute atomic E-state index is 0.181. The third kappa shape index (κ3) is 3.98. The summed E-state index contributed by atoms with van der Waals surface area (Å²) >= 11 is 0. The lowest BCUT2D eigenvalue weighted by Crippen LogP contribution is -2.34. The van der Waals surface area contributed by atoms with Crippen molar-refractivity contribution in [2.24, 2.45) is 0 Å². The van der Waals surface area contributed by atoms with E-state index in [-0.39, 0.29) is 6.61 Å². The van der Waals surface area contributed by atoms with Gasteiger partial charge in [-0.1, -0.05) is 31.7 Å². The highest BCUT2D eigenvalue weighted by atomic mass is 19.1. The Balaban J connectivity index is 2.06. The van der Waals surface area contributed by atoms with E-state index in [0.717, 1.165) is 18.9 Å². The molecule has 2 nitrogen and oxygen atoms in total. The molecule has 2 rings (SSSR count). The number of nitrogens with one attached hydrogen (secondary N) is 1. The monoisotopic (exact) mass is 269 g/mol. The van der Waals surface area contributed by atoms with Gasteiger partial charge in [0.1, 0.15) is 11.6 Å². The zero-order chi connectivity index (χ0) is 13.7. The minimum atomic E-state index is -0.597. The maximum atomic E-state index is 13.7. The fourth-order valence-corrected chi connectivity index (χ4v) is 2.76. The molecule has 106 valence electrons. The Hall–Kier alpha value is -1.00. The molecule has 1 fully saturated rings. The van der Waals surface area contributed by atoms with Crippen molar-refractivity contribution in [1.82, 2.24) is 5.32 Å². The molecule has 0 saturated heterocycles. The Kier molecular flexibility index (Phi) is 5.28. The van der Waals surface area contributed by atoms with Crippen LogP contribution in [0, 0.1) is 11.6 Å². The van der Waals surface area contributed by atoms with Gasteiger partial charge in [-0.3, -0.25) is 0 Å². The highest BCUT2D eigenvalue weighted by molar-refractivity contribution is 5.22. The van der Waals surface area contributed by atoms with Gasteiger partial charge in [-0.25, -0.2) is 8.78 Å². The van der Waals surface area contributed by atoms with E-state index in [9.17, 15) is 13.9 Å². The van der Waals surface area contributed by atoms with Crippen molar-refractivity contribution in [2.75, 3.05) is 6.61 Å². The molecule has 1 atom stereocenters. The molecule has 1 unspecified atom stereocenters. The van der Waals surface area contributed by atoms with E-state index < -0.39 is 17.7 Å². The largest absolute Gasteiger partial charge is 0.394 e. The Morgan fingerprint density at radius 2 is 1.84 bits per heavy atom. The first-order valence-electron chi connectivity index (χ1n) is 7.02. The summed E-state index contributed by atoms with van der Waals surface area (Å²) in [5.41, 5.74) is 0.341. The SMILES string of the molecule is OCC(NC1CCCCCC1)c1ccc(F)cc1F. The van der Waals surface area contributed by atoms with Gasteiger partial charge >= 0.3 is 0 Å². The van der Waals surface area contributed by atoms with Gasteiger partial charge in [0.25, 0.3) is 0 Å². The summed E-state index contributed by atoms with van der Waals surface area (Å²) in [5.74, 6) is -1.19. The van der Waals surface area contributed by atoms with Gasteiger partial charge in [0.05, 0.1) is 12.6 Å². The molecule has 0 spiro atoms. The molecule has 4 heteroatoms. The van der Waals surface area contributed by atoms with Crippen LogP contribution >= 0.6 is 0 Å². The van der Waals surface area contributed by atoms with Gasteiger partial charge in [0.15, 0.2) is 0 Å². The molecule has 1 aliphatic rings. The molecule has 0 heterocycles. The van der Waals surface area contributed by atoms with Crippen LogP contribution in [0.25, 0.3) is 0 Å². The molecule has 0 radical (unpaired) electrons. The number of benzene rings is 1. The molecular weight excluding hydrogens is 248 g/mol. The summed E-state index contributed by atoms with van der Waals surface area (Å²) in [4.78, 5) is 0. The van der Waals surface area contributed by atoms with E-state index in [1.807, 2.05) is 0 Å². The van der Waals surface area contributed by atoms with E-state index in [4.69, 9.17) is 0 Å². The van der Waals surface area contributed by atoms with Crippen LogP contribution in [0.3, 0.4) is 0 Å². The van der Waals surface area contributed by atoms with Crippen LogP contribution in [0.4, 0.5) is 8.78 Å².